The van der Waals surface area contributed by atoms with Crippen molar-refractivity contribution in [1.82, 2.24) is 0 Å². The van der Waals surface area contributed by atoms with Gasteiger partial charge in [0.25, 0.3) is 0 Å². The Morgan fingerprint density at radius 2 is 1.95 bits per heavy atom. The van der Waals surface area contributed by atoms with E-state index in [2.05, 4.69) is 0 Å². The molecule has 7 nitrogen and oxygen atoms in total. The number of hydrogen-bond acceptors (Lipinski definition) is 6. The number of benzene rings is 1. The second-order valence-electron chi connectivity index (χ2n) is 4.91. The van der Waals surface area contributed by atoms with Gasteiger partial charge in [-0.05, 0) is 24.0 Å². The minimum Gasteiger partial charge on any atom is -0.480 e. The zero-order valence-corrected chi connectivity index (χ0v) is 11.9. The first-order valence-electron chi connectivity index (χ1n) is 5.66. The summed E-state index contributed by atoms with van der Waals surface area (Å²) < 4.78 is 23.5. The fourth-order valence-corrected chi connectivity index (χ4v) is 2.66. The van der Waals surface area contributed by atoms with Gasteiger partial charge in [-0.3, -0.25) is 4.79 Å². The summed E-state index contributed by atoms with van der Waals surface area (Å²) in [6.45, 7) is 1.27. The molecule has 1 atom stereocenters. The Labute approximate surface area is 117 Å². The highest BCUT2D eigenvalue weighted by Gasteiger charge is 2.30. The van der Waals surface area contributed by atoms with Gasteiger partial charge in [-0.2, -0.15) is 0 Å². The van der Waals surface area contributed by atoms with Crippen molar-refractivity contribution in [3.8, 4) is 0 Å². The molecule has 1 aromatic rings. The van der Waals surface area contributed by atoms with Crippen LogP contribution < -0.4 is 11.2 Å². The number of nitrogens with two attached hydrogens (primary N) is 1. The molecule has 0 spiro atoms. The highest BCUT2D eigenvalue weighted by molar-refractivity contribution is 7.90. The molecule has 0 aliphatic carbocycles. The molecule has 0 bridgehead atoms. The van der Waals surface area contributed by atoms with Gasteiger partial charge in [0, 0.05) is 12.7 Å². The van der Waals surface area contributed by atoms with Gasteiger partial charge >= 0.3 is 13.1 Å². The standard InChI is InChI=1S/C11H16BNO6S/c1-11(13,10(14)15)6-7-3-4-8(12(16)17)5-9(7)20(2,18)19/h3-5,16-17H,6,13H2,1-2H3,(H,14,15)/t11-/m0/s1. The maximum Gasteiger partial charge on any atom is 0.488 e. The fraction of sp³-hybridized carbons (Fsp3) is 0.364. The molecule has 0 aliphatic heterocycles. The first-order chi connectivity index (χ1) is 8.95. The second-order valence-corrected chi connectivity index (χ2v) is 6.90. The Balaban J connectivity index is 3.38. The quantitative estimate of drug-likeness (QED) is 0.467. The van der Waals surface area contributed by atoms with E-state index in [1.165, 1.54) is 19.1 Å². The number of hydrogen-bond donors (Lipinski definition) is 4. The average Bonchev–Trinajstić information content (AvgIpc) is 2.26. The summed E-state index contributed by atoms with van der Waals surface area (Å²) in [5.74, 6) is -1.26. The van der Waals surface area contributed by atoms with Gasteiger partial charge in [0.05, 0.1) is 4.90 Å². The summed E-state index contributed by atoms with van der Waals surface area (Å²) in [7, 11) is -5.47. The molecule has 110 valence electrons. The van der Waals surface area contributed by atoms with Crippen LogP contribution in [-0.4, -0.2) is 48.5 Å². The van der Waals surface area contributed by atoms with Crippen molar-refractivity contribution in [2.75, 3.05) is 6.26 Å². The van der Waals surface area contributed by atoms with Gasteiger partial charge in [0.15, 0.2) is 9.84 Å². The van der Waals surface area contributed by atoms with Crippen molar-refractivity contribution in [1.29, 1.82) is 0 Å². The van der Waals surface area contributed by atoms with Gasteiger partial charge in [-0.1, -0.05) is 12.1 Å². The maximum atomic E-state index is 11.7. The Kier molecular flexibility index (Phi) is 4.60. The van der Waals surface area contributed by atoms with E-state index >= 15 is 0 Å². The van der Waals surface area contributed by atoms with Crippen molar-refractivity contribution in [3.05, 3.63) is 23.8 Å². The van der Waals surface area contributed by atoms with Crippen LogP contribution in [0.4, 0.5) is 0 Å². The minimum absolute atomic E-state index is 0.00299. The molecular weight excluding hydrogens is 285 g/mol. The van der Waals surface area contributed by atoms with E-state index in [4.69, 9.17) is 20.9 Å². The lowest BCUT2D eigenvalue weighted by Crippen LogP contribution is -2.47. The van der Waals surface area contributed by atoms with Crippen LogP contribution in [-0.2, 0) is 21.1 Å². The smallest absolute Gasteiger partial charge is 0.480 e. The van der Waals surface area contributed by atoms with Crippen LogP contribution in [0, 0.1) is 0 Å². The summed E-state index contributed by atoms with van der Waals surface area (Å²) in [6, 6.07) is 3.75. The zero-order valence-electron chi connectivity index (χ0n) is 11.1. The Morgan fingerprint density at radius 3 is 2.35 bits per heavy atom. The van der Waals surface area contributed by atoms with E-state index in [9.17, 15) is 13.2 Å². The number of carboxylic acids is 1. The molecule has 0 heterocycles. The Hall–Kier alpha value is -1.42. The molecule has 0 amide bonds. The number of carboxylic acid groups (broad SMARTS) is 1. The topological polar surface area (TPSA) is 138 Å². The van der Waals surface area contributed by atoms with Crippen LogP contribution in [0.5, 0.6) is 0 Å². The molecule has 0 aliphatic rings. The van der Waals surface area contributed by atoms with Gasteiger partial charge in [-0.15, -0.1) is 0 Å². The first-order valence-corrected chi connectivity index (χ1v) is 7.55. The number of carbonyl (C=O) groups is 1. The van der Waals surface area contributed by atoms with E-state index in [1.807, 2.05) is 0 Å². The monoisotopic (exact) mass is 301 g/mol. The lowest BCUT2D eigenvalue weighted by atomic mass is 9.79. The largest absolute Gasteiger partial charge is 0.488 e. The van der Waals surface area contributed by atoms with Crippen LogP contribution in [0.3, 0.4) is 0 Å². The third-order valence-electron chi connectivity index (χ3n) is 2.84. The van der Waals surface area contributed by atoms with E-state index in [-0.39, 0.29) is 22.3 Å². The molecule has 0 saturated heterocycles. The van der Waals surface area contributed by atoms with Gasteiger partial charge in [0.2, 0.25) is 0 Å². The van der Waals surface area contributed by atoms with Gasteiger partial charge < -0.3 is 20.9 Å². The first kappa shape index (κ1) is 16.6. The van der Waals surface area contributed by atoms with Crippen molar-refractivity contribution in [2.24, 2.45) is 5.73 Å². The average molecular weight is 301 g/mol. The van der Waals surface area contributed by atoms with Crippen LogP contribution >= 0.6 is 0 Å². The van der Waals surface area contributed by atoms with Crippen LogP contribution in [0.1, 0.15) is 12.5 Å². The number of aliphatic carboxylic acids is 1. The van der Waals surface area contributed by atoms with Crippen LogP contribution in [0.2, 0.25) is 0 Å². The molecule has 0 aromatic heterocycles. The molecule has 1 aromatic carbocycles. The third kappa shape index (κ3) is 3.79. The summed E-state index contributed by atoms with van der Waals surface area (Å²) in [4.78, 5) is 10.8. The summed E-state index contributed by atoms with van der Waals surface area (Å²) in [6.07, 6.45) is 0.751. The lowest BCUT2D eigenvalue weighted by molar-refractivity contribution is -0.142. The van der Waals surface area contributed by atoms with Crippen molar-refractivity contribution >= 4 is 28.4 Å². The molecule has 0 radical (unpaired) electrons. The molecule has 0 unspecified atom stereocenters. The predicted octanol–water partition coefficient (Wildman–Crippen LogP) is -1.89. The van der Waals surface area contributed by atoms with Gasteiger partial charge in [-0.25, -0.2) is 8.42 Å². The lowest BCUT2D eigenvalue weighted by Gasteiger charge is -2.21. The molecule has 20 heavy (non-hydrogen) atoms. The Bertz CT molecular complexity index is 626. The Morgan fingerprint density at radius 1 is 1.40 bits per heavy atom. The van der Waals surface area contributed by atoms with Crippen LogP contribution in [0.15, 0.2) is 23.1 Å². The van der Waals surface area contributed by atoms with Crippen LogP contribution in [0.25, 0.3) is 0 Å². The summed E-state index contributed by atoms with van der Waals surface area (Å²) in [5, 5.41) is 27.1. The van der Waals surface area contributed by atoms with Crippen molar-refractivity contribution < 1.29 is 28.4 Å². The molecule has 9 heteroatoms. The number of rotatable bonds is 5. The SMILES string of the molecule is C[C@](N)(Cc1ccc(B(O)O)cc1S(C)(=O)=O)C(=O)O. The summed E-state index contributed by atoms with van der Waals surface area (Å²) >= 11 is 0. The van der Waals surface area contributed by atoms with Crippen molar-refractivity contribution in [2.45, 2.75) is 23.8 Å². The zero-order chi connectivity index (χ0) is 15.7. The molecule has 0 fully saturated rings. The molecule has 0 saturated carbocycles. The minimum atomic E-state index is -3.66. The highest BCUT2D eigenvalue weighted by Crippen LogP contribution is 2.19. The normalized spacial score (nSPS) is 14.7. The predicted molar refractivity (Wildman–Crippen MR) is 73.3 cm³/mol. The van der Waals surface area contributed by atoms with Crippen molar-refractivity contribution in [3.63, 3.8) is 0 Å². The van der Waals surface area contributed by atoms with E-state index in [0.29, 0.717) is 0 Å². The van der Waals surface area contributed by atoms with E-state index in [1.54, 1.807) is 0 Å². The molecule has 1 rings (SSSR count). The second kappa shape index (κ2) is 5.53. The molecule has 5 N–H and O–H groups in total. The highest BCUT2D eigenvalue weighted by atomic mass is 32.2. The number of sulfone groups is 1. The van der Waals surface area contributed by atoms with Gasteiger partial charge in [0.1, 0.15) is 5.54 Å². The summed E-state index contributed by atoms with van der Waals surface area (Å²) in [5.41, 5.74) is 4.20. The van der Waals surface area contributed by atoms with E-state index < -0.39 is 28.5 Å². The maximum absolute atomic E-state index is 11.7. The van der Waals surface area contributed by atoms with E-state index in [0.717, 1.165) is 12.3 Å². The third-order valence-corrected chi connectivity index (χ3v) is 4.01. The molecular formula is C11H16BNO6S. The fourth-order valence-electron chi connectivity index (χ4n) is 1.69.